The van der Waals surface area contributed by atoms with E-state index in [-0.39, 0.29) is 0 Å². The molecule has 1 heterocycles. The van der Waals surface area contributed by atoms with E-state index in [4.69, 9.17) is 16.3 Å². The molecule has 1 aromatic rings. The van der Waals surface area contributed by atoms with Gasteiger partial charge in [-0.2, -0.15) is 0 Å². The van der Waals surface area contributed by atoms with E-state index in [1.54, 1.807) is 0 Å². The fraction of sp³-hybridized carbons (Fsp3) is 0.538. The summed E-state index contributed by atoms with van der Waals surface area (Å²) in [5, 5.41) is 4.21. The molecule has 0 saturated carbocycles. The minimum Gasteiger partial charge on any atom is -0.375 e. The molecule has 1 atom stereocenters. The van der Waals surface area contributed by atoms with Crippen LogP contribution in [-0.4, -0.2) is 19.2 Å². The second-order valence-corrected chi connectivity index (χ2v) is 4.81. The Morgan fingerprint density at radius 1 is 1.50 bits per heavy atom. The molecule has 0 amide bonds. The van der Waals surface area contributed by atoms with Crippen molar-refractivity contribution < 1.29 is 4.74 Å². The maximum Gasteiger partial charge on any atom is 0.0732 e. The van der Waals surface area contributed by atoms with Crippen molar-refractivity contribution in [3.63, 3.8) is 0 Å². The maximum atomic E-state index is 6.13. The molecular weight excluding hydrogens is 222 g/mol. The van der Waals surface area contributed by atoms with Crippen LogP contribution in [0, 0.1) is 6.92 Å². The van der Waals surface area contributed by atoms with Gasteiger partial charge in [0, 0.05) is 11.1 Å². The highest BCUT2D eigenvalue weighted by Gasteiger charge is 2.13. The van der Waals surface area contributed by atoms with Crippen LogP contribution in [0.25, 0.3) is 0 Å². The number of aryl methyl sites for hydroxylation is 1. The third-order valence-corrected chi connectivity index (χ3v) is 3.30. The fourth-order valence-electron chi connectivity index (χ4n) is 1.98. The molecule has 3 heteroatoms. The summed E-state index contributed by atoms with van der Waals surface area (Å²) in [6.45, 7) is 4.56. The first-order chi connectivity index (χ1) is 7.75. The van der Waals surface area contributed by atoms with E-state index in [9.17, 15) is 0 Å². The van der Waals surface area contributed by atoms with Gasteiger partial charge in [-0.05, 0) is 43.5 Å². The number of nitrogens with one attached hydrogen (secondary N) is 1. The number of halogens is 1. The van der Waals surface area contributed by atoms with Crippen LogP contribution in [0.4, 0.5) is 0 Å². The fourth-order valence-corrected chi connectivity index (χ4v) is 2.27. The highest BCUT2D eigenvalue weighted by molar-refractivity contribution is 6.31. The third-order valence-electron chi connectivity index (χ3n) is 2.95. The van der Waals surface area contributed by atoms with Crippen molar-refractivity contribution in [3.8, 4) is 0 Å². The van der Waals surface area contributed by atoms with Gasteiger partial charge in [-0.1, -0.05) is 23.7 Å². The lowest BCUT2D eigenvalue weighted by Gasteiger charge is -2.11. The minimum absolute atomic E-state index is 0.532. The molecule has 0 spiro atoms. The van der Waals surface area contributed by atoms with Crippen molar-refractivity contribution in [1.29, 1.82) is 0 Å². The number of benzene rings is 1. The predicted octanol–water partition coefficient (Wildman–Crippen LogP) is 2.92. The third kappa shape index (κ3) is 3.21. The first-order valence-corrected chi connectivity index (χ1v) is 6.19. The summed E-state index contributed by atoms with van der Waals surface area (Å²) in [6.07, 6.45) is 2.49. The zero-order chi connectivity index (χ0) is 11.4. The zero-order valence-electron chi connectivity index (χ0n) is 9.63. The number of ether oxygens (including phenoxy) is 1. The number of rotatable bonds is 4. The van der Waals surface area contributed by atoms with Crippen LogP contribution in [0.3, 0.4) is 0 Å². The van der Waals surface area contributed by atoms with Crippen LogP contribution < -0.4 is 5.32 Å². The minimum atomic E-state index is 0.532. The second-order valence-electron chi connectivity index (χ2n) is 4.40. The van der Waals surface area contributed by atoms with Gasteiger partial charge in [-0.25, -0.2) is 0 Å². The van der Waals surface area contributed by atoms with Crippen LogP contribution in [-0.2, 0) is 11.3 Å². The summed E-state index contributed by atoms with van der Waals surface area (Å²) in [5.74, 6) is 0. The van der Waals surface area contributed by atoms with E-state index in [0.29, 0.717) is 12.6 Å². The summed E-state index contributed by atoms with van der Waals surface area (Å²) < 4.78 is 5.68. The predicted molar refractivity (Wildman–Crippen MR) is 66.9 cm³/mol. The lowest BCUT2D eigenvalue weighted by atomic mass is 10.1. The average Bonchev–Trinajstić information content (AvgIpc) is 2.74. The maximum absolute atomic E-state index is 6.13. The van der Waals surface area contributed by atoms with E-state index in [2.05, 4.69) is 11.4 Å². The summed E-state index contributed by atoms with van der Waals surface area (Å²) >= 11 is 6.13. The molecule has 2 rings (SSSR count). The van der Waals surface area contributed by atoms with Crippen molar-refractivity contribution in [3.05, 3.63) is 34.3 Å². The zero-order valence-corrected chi connectivity index (χ0v) is 10.4. The van der Waals surface area contributed by atoms with E-state index in [1.807, 2.05) is 19.1 Å². The van der Waals surface area contributed by atoms with Gasteiger partial charge < -0.3 is 10.1 Å². The Hall–Kier alpha value is -0.570. The van der Waals surface area contributed by atoms with Gasteiger partial charge in [0.05, 0.1) is 13.2 Å². The van der Waals surface area contributed by atoms with E-state index in [0.717, 1.165) is 23.7 Å². The normalized spacial score (nSPS) is 20.2. The van der Waals surface area contributed by atoms with Gasteiger partial charge in [-0.15, -0.1) is 0 Å². The molecule has 1 aliphatic heterocycles. The van der Waals surface area contributed by atoms with Crippen LogP contribution in [0.1, 0.15) is 24.0 Å². The van der Waals surface area contributed by atoms with Crippen molar-refractivity contribution in [2.45, 2.75) is 32.4 Å². The molecule has 0 aromatic heterocycles. The molecule has 1 aliphatic rings. The summed E-state index contributed by atoms with van der Waals surface area (Å²) in [4.78, 5) is 0. The highest BCUT2D eigenvalue weighted by Crippen LogP contribution is 2.18. The number of hydrogen-bond donors (Lipinski definition) is 1. The highest BCUT2D eigenvalue weighted by atomic mass is 35.5. The van der Waals surface area contributed by atoms with Crippen LogP contribution in [0.2, 0.25) is 5.02 Å². The van der Waals surface area contributed by atoms with Crippen LogP contribution in [0.15, 0.2) is 18.2 Å². The van der Waals surface area contributed by atoms with Crippen LogP contribution in [0.5, 0.6) is 0 Å². The standard InChI is InChI=1S/C13H18ClNO/c1-10-4-5-11(13(14)7-10)8-16-9-12-3-2-6-15-12/h4-5,7,12,15H,2-3,6,8-9H2,1H3. The SMILES string of the molecule is Cc1ccc(COCC2CCCN2)c(Cl)c1. The second kappa shape index (κ2) is 5.67. The van der Waals surface area contributed by atoms with E-state index < -0.39 is 0 Å². The van der Waals surface area contributed by atoms with Gasteiger partial charge in [0.2, 0.25) is 0 Å². The van der Waals surface area contributed by atoms with Crippen LogP contribution >= 0.6 is 11.6 Å². The van der Waals surface area contributed by atoms with Gasteiger partial charge in [0.15, 0.2) is 0 Å². The Labute approximate surface area is 102 Å². The van der Waals surface area contributed by atoms with E-state index in [1.165, 1.54) is 18.4 Å². The molecule has 2 nitrogen and oxygen atoms in total. The first kappa shape index (κ1) is 11.9. The molecule has 1 saturated heterocycles. The Bertz CT molecular complexity index is 348. The summed E-state index contributed by atoms with van der Waals surface area (Å²) in [5.41, 5.74) is 2.26. The lowest BCUT2D eigenvalue weighted by molar-refractivity contribution is 0.103. The molecule has 0 radical (unpaired) electrons. The smallest absolute Gasteiger partial charge is 0.0732 e. The quantitative estimate of drug-likeness (QED) is 0.873. The molecule has 16 heavy (non-hydrogen) atoms. The van der Waals surface area contributed by atoms with Gasteiger partial charge >= 0.3 is 0 Å². The monoisotopic (exact) mass is 239 g/mol. The average molecular weight is 240 g/mol. The number of hydrogen-bond acceptors (Lipinski definition) is 2. The lowest BCUT2D eigenvalue weighted by Crippen LogP contribution is -2.26. The molecule has 0 aliphatic carbocycles. The van der Waals surface area contributed by atoms with Gasteiger partial charge in [0.1, 0.15) is 0 Å². The van der Waals surface area contributed by atoms with Crippen molar-refractivity contribution >= 4 is 11.6 Å². The van der Waals surface area contributed by atoms with Crippen molar-refractivity contribution in [2.75, 3.05) is 13.2 Å². The Morgan fingerprint density at radius 3 is 3.06 bits per heavy atom. The largest absolute Gasteiger partial charge is 0.375 e. The molecule has 1 N–H and O–H groups in total. The molecule has 88 valence electrons. The molecule has 0 bridgehead atoms. The van der Waals surface area contributed by atoms with Gasteiger partial charge in [0.25, 0.3) is 0 Å². The first-order valence-electron chi connectivity index (χ1n) is 5.82. The van der Waals surface area contributed by atoms with Crippen molar-refractivity contribution in [1.82, 2.24) is 5.32 Å². The molecular formula is C13H18ClNO. The Morgan fingerprint density at radius 2 is 2.38 bits per heavy atom. The van der Waals surface area contributed by atoms with Gasteiger partial charge in [-0.3, -0.25) is 0 Å². The molecule has 1 aromatic carbocycles. The topological polar surface area (TPSA) is 21.3 Å². The molecule has 1 fully saturated rings. The molecule has 1 unspecified atom stereocenters. The summed E-state index contributed by atoms with van der Waals surface area (Å²) in [7, 11) is 0. The Balaban J connectivity index is 1.80. The summed E-state index contributed by atoms with van der Waals surface area (Å²) in [6, 6.07) is 6.62. The Kier molecular flexibility index (Phi) is 4.22. The van der Waals surface area contributed by atoms with Crippen molar-refractivity contribution in [2.24, 2.45) is 0 Å². The van der Waals surface area contributed by atoms with E-state index >= 15 is 0 Å².